The number of nitriles is 1. The van der Waals surface area contributed by atoms with Crippen LogP contribution in [0.25, 0.3) is 0 Å². The van der Waals surface area contributed by atoms with Crippen LogP contribution in [0.2, 0.25) is 0 Å². The first-order valence-corrected chi connectivity index (χ1v) is 4.31. The number of hydrogen-bond donors (Lipinski definition) is 2. The van der Waals surface area contributed by atoms with E-state index in [2.05, 4.69) is 15.5 Å². The summed E-state index contributed by atoms with van der Waals surface area (Å²) >= 11 is 0. The van der Waals surface area contributed by atoms with Crippen LogP contribution in [0.5, 0.6) is 0 Å². The molecule has 0 saturated carbocycles. The summed E-state index contributed by atoms with van der Waals surface area (Å²) in [4.78, 5) is 0. The molecule has 1 aromatic rings. The van der Waals surface area contributed by atoms with Crippen molar-refractivity contribution < 1.29 is 5.11 Å². The summed E-state index contributed by atoms with van der Waals surface area (Å²) in [6.07, 6.45) is 0.945. The van der Waals surface area contributed by atoms with Gasteiger partial charge in [-0.2, -0.15) is 10.4 Å². The van der Waals surface area contributed by atoms with Gasteiger partial charge in [0.1, 0.15) is 6.07 Å². The Bertz CT molecular complexity index is 345. The second-order valence-electron chi connectivity index (χ2n) is 3.08. The standard InChI is InChI=1S/C9H12N4O/c1-6(7(2)14)12-9-8(5-10)3-4-11-13-9/h3-4,6-7,14H,1-2H3,(H,12,13). The lowest BCUT2D eigenvalue weighted by atomic mass is 10.2. The summed E-state index contributed by atoms with van der Waals surface area (Å²) in [6, 6.07) is 3.40. The summed E-state index contributed by atoms with van der Waals surface area (Å²) < 4.78 is 0. The lowest BCUT2D eigenvalue weighted by molar-refractivity contribution is 0.177. The molecule has 1 heterocycles. The van der Waals surface area contributed by atoms with Crippen LogP contribution in [0.15, 0.2) is 12.3 Å². The minimum Gasteiger partial charge on any atom is -0.391 e. The van der Waals surface area contributed by atoms with Crippen molar-refractivity contribution in [2.75, 3.05) is 5.32 Å². The first kappa shape index (κ1) is 10.4. The zero-order valence-electron chi connectivity index (χ0n) is 8.10. The molecule has 0 saturated heterocycles. The van der Waals surface area contributed by atoms with E-state index in [1.54, 1.807) is 19.9 Å². The van der Waals surface area contributed by atoms with E-state index < -0.39 is 6.10 Å². The van der Waals surface area contributed by atoms with Crippen molar-refractivity contribution in [2.45, 2.75) is 26.0 Å². The van der Waals surface area contributed by atoms with Gasteiger partial charge in [0.2, 0.25) is 0 Å². The fraction of sp³-hybridized carbons (Fsp3) is 0.444. The van der Waals surface area contributed by atoms with Crippen molar-refractivity contribution in [1.82, 2.24) is 10.2 Å². The van der Waals surface area contributed by atoms with Gasteiger partial charge < -0.3 is 10.4 Å². The van der Waals surface area contributed by atoms with Gasteiger partial charge >= 0.3 is 0 Å². The van der Waals surface area contributed by atoms with Gasteiger partial charge in [-0.1, -0.05) is 0 Å². The van der Waals surface area contributed by atoms with Gasteiger partial charge in [-0.3, -0.25) is 0 Å². The lowest BCUT2D eigenvalue weighted by Crippen LogP contribution is -2.28. The molecule has 2 atom stereocenters. The number of aromatic nitrogens is 2. The molecule has 0 aliphatic heterocycles. The first-order valence-electron chi connectivity index (χ1n) is 4.31. The quantitative estimate of drug-likeness (QED) is 0.730. The second-order valence-corrected chi connectivity index (χ2v) is 3.08. The van der Waals surface area contributed by atoms with Crippen molar-refractivity contribution in [3.8, 4) is 6.07 Å². The molecule has 0 fully saturated rings. The molecule has 1 aromatic heterocycles. The minimum atomic E-state index is -0.511. The Kier molecular flexibility index (Phi) is 3.37. The Morgan fingerprint density at radius 2 is 2.29 bits per heavy atom. The van der Waals surface area contributed by atoms with Crippen molar-refractivity contribution in [1.29, 1.82) is 5.26 Å². The highest BCUT2D eigenvalue weighted by molar-refractivity contribution is 5.50. The largest absolute Gasteiger partial charge is 0.391 e. The normalized spacial score (nSPS) is 14.1. The predicted octanol–water partition coefficient (Wildman–Crippen LogP) is 0.529. The highest BCUT2D eigenvalue weighted by Gasteiger charge is 2.11. The van der Waals surface area contributed by atoms with E-state index in [0.29, 0.717) is 11.4 Å². The molecular weight excluding hydrogens is 180 g/mol. The molecule has 0 aliphatic rings. The van der Waals surface area contributed by atoms with Crippen LogP contribution < -0.4 is 5.32 Å². The summed E-state index contributed by atoms with van der Waals surface area (Å²) in [5.41, 5.74) is 0.424. The average molecular weight is 192 g/mol. The van der Waals surface area contributed by atoms with Crippen LogP contribution >= 0.6 is 0 Å². The molecule has 74 valence electrons. The van der Waals surface area contributed by atoms with Crippen molar-refractivity contribution >= 4 is 5.82 Å². The van der Waals surface area contributed by atoms with Crippen molar-refractivity contribution in [3.63, 3.8) is 0 Å². The number of aliphatic hydroxyl groups is 1. The SMILES string of the molecule is CC(O)C(C)Nc1nnccc1C#N. The van der Waals surface area contributed by atoms with E-state index in [9.17, 15) is 5.11 Å². The van der Waals surface area contributed by atoms with Gasteiger partial charge in [-0.25, -0.2) is 0 Å². The molecular formula is C9H12N4O. The van der Waals surface area contributed by atoms with Crippen LogP contribution in [0.3, 0.4) is 0 Å². The van der Waals surface area contributed by atoms with Crippen molar-refractivity contribution in [3.05, 3.63) is 17.8 Å². The van der Waals surface area contributed by atoms with E-state index in [1.807, 2.05) is 6.07 Å². The van der Waals surface area contributed by atoms with E-state index in [-0.39, 0.29) is 6.04 Å². The number of nitrogens with zero attached hydrogens (tertiary/aromatic N) is 3. The minimum absolute atomic E-state index is 0.168. The van der Waals surface area contributed by atoms with Gasteiger partial charge in [0.25, 0.3) is 0 Å². The molecule has 0 aliphatic carbocycles. The second kappa shape index (κ2) is 4.53. The molecule has 0 spiro atoms. The molecule has 0 aromatic carbocycles. The molecule has 0 radical (unpaired) electrons. The summed E-state index contributed by atoms with van der Waals surface area (Å²) in [6.45, 7) is 3.47. The van der Waals surface area contributed by atoms with Crippen LogP contribution in [0.4, 0.5) is 5.82 Å². The molecule has 1 rings (SSSR count). The van der Waals surface area contributed by atoms with E-state index in [4.69, 9.17) is 5.26 Å². The third-order valence-corrected chi connectivity index (χ3v) is 1.93. The smallest absolute Gasteiger partial charge is 0.166 e. The zero-order valence-corrected chi connectivity index (χ0v) is 8.10. The van der Waals surface area contributed by atoms with Gasteiger partial charge in [0.15, 0.2) is 5.82 Å². The number of anilines is 1. The zero-order chi connectivity index (χ0) is 10.6. The number of nitrogens with one attached hydrogen (secondary N) is 1. The Labute approximate surface area is 82.4 Å². The summed E-state index contributed by atoms with van der Waals surface area (Å²) in [5, 5.41) is 28.4. The van der Waals surface area contributed by atoms with E-state index in [0.717, 1.165) is 0 Å². The van der Waals surface area contributed by atoms with Crippen LogP contribution in [-0.4, -0.2) is 27.4 Å². The van der Waals surface area contributed by atoms with Gasteiger partial charge in [-0.05, 0) is 19.9 Å². The maximum Gasteiger partial charge on any atom is 0.166 e. The predicted molar refractivity (Wildman–Crippen MR) is 51.5 cm³/mol. The Morgan fingerprint density at radius 1 is 1.57 bits per heavy atom. The number of aliphatic hydroxyl groups excluding tert-OH is 1. The molecule has 5 heteroatoms. The highest BCUT2D eigenvalue weighted by Crippen LogP contribution is 2.10. The molecule has 5 nitrogen and oxygen atoms in total. The third-order valence-electron chi connectivity index (χ3n) is 1.93. The topological polar surface area (TPSA) is 81.8 Å². The molecule has 2 unspecified atom stereocenters. The maximum absolute atomic E-state index is 9.25. The fourth-order valence-electron chi connectivity index (χ4n) is 0.865. The van der Waals surface area contributed by atoms with E-state index in [1.165, 1.54) is 6.20 Å². The fourth-order valence-corrected chi connectivity index (χ4v) is 0.865. The Morgan fingerprint density at radius 3 is 2.86 bits per heavy atom. The summed E-state index contributed by atoms with van der Waals surface area (Å²) in [5.74, 6) is 0.406. The van der Waals surface area contributed by atoms with Gasteiger partial charge in [0, 0.05) is 0 Å². The summed E-state index contributed by atoms with van der Waals surface area (Å²) in [7, 11) is 0. The van der Waals surface area contributed by atoms with E-state index >= 15 is 0 Å². The molecule has 0 bridgehead atoms. The lowest BCUT2D eigenvalue weighted by Gasteiger charge is -2.16. The van der Waals surface area contributed by atoms with Crippen LogP contribution in [-0.2, 0) is 0 Å². The van der Waals surface area contributed by atoms with Gasteiger partial charge in [-0.15, -0.1) is 5.10 Å². The molecule has 0 amide bonds. The van der Waals surface area contributed by atoms with Gasteiger partial charge in [0.05, 0.1) is 23.9 Å². The van der Waals surface area contributed by atoms with Crippen molar-refractivity contribution in [2.24, 2.45) is 0 Å². The van der Waals surface area contributed by atoms with Crippen LogP contribution in [0, 0.1) is 11.3 Å². The number of hydrogen-bond acceptors (Lipinski definition) is 5. The average Bonchev–Trinajstić information content (AvgIpc) is 2.18. The Balaban J connectivity index is 2.82. The monoisotopic (exact) mass is 192 g/mol. The first-order chi connectivity index (χ1) is 6.65. The Hall–Kier alpha value is -1.67. The van der Waals surface area contributed by atoms with Crippen LogP contribution in [0.1, 0.15) is 19.4 Å². The number of rotatable bonds is 3. The maximum atomic E-state index is 9.25. The third kappa shape index (κ3) is 2.41. The molecule has 2 N–H and O–H groups in total. The molecule has 14 heavy (non-hydrogen) atoms. The highest BCUT2D eigenvalue weighted by atomic mass is 16.3.